The highest BCUT2D eigenvalue weighted by molar-refractivity contribution is 8.00. The van der Waals surface area contributed by atoms with E-state index in [1.807, 2.05) is 11.8 Å². The molecular weight excluding hydrogens is 238 g/mol. The van der Waals surface area contributed by atoms with E-state index < -0.39 is 0 Å². The van der Waals surface area contributed by atoms with Gasteiger partial charge in [0.25, 0.3) is 0 Å². The van der Waals surface area contributed by atoms with Gasteiger partial charge in [-0.05, 0) is 36.3 Å². The van der Waals surface area contributed by atoms with Crippen LogP contribution in [0.4, 0.5) is 0 Å². The number of aryl methyl sites for hydroxylation is 1. The molecule has 0 aliphatic rings. The summed E-state index contributed by atoms with van der Waals surface area (Å²) in [4.78, 5) is 4.43. The van der Waals surface area contributed by atoms with Gasteiger partial charge in [0.05, 0.1) is 0 Å². The van der Waals surface area contributed by atoms with Crippen LogP contribution in [-0.4, -0.2) is 21.7 Å². The van der Waals surface area contributed by atoms with Crippen LogP contribution in [0.1, 0.15) is 39.4 Å². The summed E-state index contributed by atoms with van der Waals surface area (Å²) < 4.78 is 5.37. The Bertz CT molecular complexity index is 310. The van der Waals surface area contributed by atoms with Crippen LogP contribution >= 0.6 is 23.3 Å². The topological polar surface area (TPSA) is 51.8 Å². The van der Waals surface area contributed by atoms with Gasteiger partial charge in [-0.2, -0.15) is 4.37 Å². The van der Waals surface area contributed by atoms with Crippen molar-refractivity contribution in [2.45, 2.75) is 44.4 Å². The molecule has 1 aromatic rings. The van der Waals surface area contributed by atoms with Crippen molar-refractivity contribution in [1.82, 2.24) is 9.36 Å². The van der Waals surface area contributed by atoms with E-state index in [4.69, 9.17) is 5.73 Å². The molecule has 0 bridgehead atoms. The zero-order valence-corrected chi connectivity index (χ0v) is 12.0. The summed E-state index contributed by atoms with van der Waals surface area (Å²) in [6.45, 7) is 7.28. The SMILES string of the molecule is CCc1nsc(SCCCC(C)(C)CN)n1. The lowest BCUT2D eigenvalue weighted by molar-refractivity contribution is 0.345. The molecule has 0 fully saturated rings. The zero-order valence-electron chi connectivity index (χ0n) is 10.3. The number of rotatable bonds is 7. The second-order valence-electron chi connectivity index (χ2n) is 4.65. The summed E-state index contributed by atoms with van der Waals surface area (Å²) in [6, 6.07) is 0. The first-order valence-corrected chi connectivity index (χ1v) is 7.49. The van der Waals surface area contributed by atoms with Gasteiger partial charge < -0.3 is 5.73 Å². The average Bonchev–Trinajstić information content (AvgIpc) is 2.72. The molecule has 0 spiro atoms. The first-order valence-electron chi connectivity index (χ1n) is 5.73. The maximum absolute atomic E-state index is 5.69. The average molecular weight is 259 g/mol. The van der Waals surface area contributed by atoms with Crippen LogP contribution in [-0.2, 0) is 6.42 Å². The van der Waals surface area contributed by atoms with Crippen LogP contribution in [0.25, 0.3) is 0 Å². The fourth-order valence-electron chi connectivity index (χ4n) is 1.25. The van der Waals surface area contributed by atoms with E-state index in [2.05, 4.69) is 30.1 Å². The Hall–Kier alpha value is -0.130. The highest BCUT2D eigenvalue weighted by Gasteiger charge is 2.14. The van der Waals surface area contributed by atoms with E-state index in [9.17, 15) is 0 Å². The molecule has 5 heteroatoms. The monoisotopic (exact) mass is 259 g/mol. The number of aromatic nitrogens is 2. The largest absolute Gasteiger partial charge is 0.330 e. The smallest absolute Gasteiger partial charge is 0.170 e. The van der Waals surface area contributed by atoms with Crippen molar-refractivity contribution >= 4 is 23.3 Å². The van der Waals surface area contributed by atoms with Gasteiger partial charge in [-0.15, -0.1) is 0 Å². The van der Waals surface area contributed by atoms with Gasteiger partial charge in [-0.25, -0.2) is 4.98 Å². The third-order valence-electron chi connectivity index (χ3n) is 2.54. The fraction of sp³-hybridized carbons (Fsp3) is 0.818. The molecule has 0 saturated carbocycles. The van der Waals surface area contributed by atoms with Crippen molar-refractivity contribution in [3.05, 3.63) is 5.82 Å². The lowest BCUT2D eigenvalue weighted by atomic mass is 9.88. The number of nitrogens with two attached hydrogens (primary N) is 1. The Morgan fingerprint density at radius 1 is 1.44 bits per heavy atom. The van der Waals surface area contributed by atoms with Crippen LogP contribution in [0.15, 0.2) is 4.34 Å². The van der Waals surface area contributed by atoms with Gasteiger partial charge in [-0.3, -0.25) is 0 Å². The molecule has 1 rings (SSSR count). The van der Waals surface area contributed by atoms with E-state index in [-0.39, 0.29) is 5.41 Å². The Morgan fingerprint density at radius 2 is 2.19 bits per heavy atom. The minimum atomic E-state index is 0.274. The zero-order chi connectivity index (χ0) is 12.0. The molecule has 2 N–H and O–H groups in total. The van der Waals surface area contributed by atoms with E-state index in [1.54, 1.807) is 0 Å². The van der Waals surface area contributed by atoms with Crippen LogP contribution < -0.4 is 5.73 Å². The molecule has 16 heavy (non-hydrogen) atoms. The van der Waals surface area contributed by atoms with E-state index >= 15 is 0 Å². The summed E-state index contributed by atoms with van der Waals surface area (Å²) in [7, 11) is 0. The molecule has 1 heterocycles. The first kappa shape index (κ1) is 13.9. The van der Waals surface area contributed by atoms with Gasteiger partial charge in [0.1, 0.15) is 5.82 Å². The molecular formula is C11H21N3S2. The van der Waals surface area contributed by atoms with E-state index in [0.29, 0.717) is 0 Å². The van der Waals surface area contributed by atoms with Crippen LogP contribution in [0.5, 0.6) is 0 Å². The summed E-state index contributed by atoms with van der Waals surface area (Å²) in [6.07, 6.45) is 3.29. The molecule has 0 saturated heterocycles. The molecule has 0 radical (unpaired) electrons. The number of thioether (sulfide) groups is 1. The standard InChI is InChI=1S/C11H21N3S2/c1-4-9-13-10(16-14-9)15-7-5-6-11(2,3)8-12/h4-8,12H2,1-3H3. The molecule has 3 nitrogen and oxygen atoms in total. The van der Waals surface area contributed by atoms with Gasteiger partial charge >= 0.3 is 0 Å². The van der Waals surface area contributed by atoms with Crippen molar-refractivity contribution in [3.63, 3.8) is 0 Å². The minimum absolute atomic E-state index is 0.274. The molecule has 0 unspecified atom stereocenters. The highest BCUT2D eigenvalue weighted by Crippen LogP contribution is 2.25. The van der Waals surface area contributed by atoms with Crippen molar-refractivity contribution in [3.8, 4) is 0 Å². The van der Waals surface area contributed by atoms with E-state index in [1.165, 1.54) is 24.4 Å². The Labute approximate surface area is 106 Å². The van der Waals surface area contributed by atoms with Gasteiger partial charge in [0.15, 0.2) is 4.34 Å². The normalized spacial score (nSPS) is 12.0. The Balaban J connectivity index is 2.20. The number of hydrogen-bond acceptors (Lipinski definition) is 5. The molecule has 92 valence electrons. The van der Waals surface area contributed by atoms with Gasteiger partial charge in [0.2, 0.25) is 0 Å². The maximum atomic E-state index is 5.69. The molecule has 0 aliphatic carbocycles. The predicted octanol–water partition coefficient (Wildman–Crippen LogP) is 2.96. The second kappa shape index (κ2) is 6.57. The third kappa shape index (κ3) is 4.80. The van der Waals surface area contributed by atoms with Crippen LogP contribution in [0.2, 0.25) is 0 Å². The van der Waals surface area contributed by atoms with E-state index in [0.717, 1.165) is 28.9 Å². The molecule has 0 amide bonds. The van der Waals surface area contributed by atoms with Crippen molar-refractivity contribution in [2.24, 2.45) is 11.1 Å². The van der Waals surface area contributed by atoms with Crippen LogP contribution in [0.3, 0.4) is 0 Å². The Morgan fingerprint density at radius 3 is 2.75 bits per heavy atom. The quantitative estimate of drug-likeness (QED) is 0.604. The molecule has 0 aromatic carbocycles. The summed E-state index contributed by atoms with van der Waals surface area (Å²) >= 11 is 3.33. The van der Waals surface area contributed by atoms with Crippen molar-refractivity contribution < 1.29 is 0 Å². The highest BCUT2D eigenvalue weighted by atomic mass is 32.2. The summed E-state index contributed by atoms with van der Waals surface area (Å²) in [5, 5.41) is 0. The lowest BCUT2D eigenvalue weighted by Crippen LogP contribution is -2.23. The van der Waals surface area contributed by atoms with Crippen molar-refractivity contribution in [2.75, 3.05) is 12.3 Å². The Kier molecular flexibility index (Phi) is 5.72. The molecule has 0 aliphatic heterocycles. The van der Waals surface area contributed by atoms with Crippen LogP contribution in [0, 0.1) is 5.41 Å². The lowest BCUT2D eigenvalue weighted by Gasteiger charge is -2.21. The van der Waals surface area contributed by atoms with Gasteiger partial charge in [-0.1, -0.05) is 32.5 Å². The van der Waals surface area contributed by atoms with Gasteiger partial charge in [0, 0.05) is 12.2 Å². The molecule has 0 atom stereocenters. The number of hydrogen-bond donors (Lipinski definition) is 1. The summed E-state index contributed by atoms with van der Waals surface area (Å²) in [5.74, 6) is 2.08. The maximum Gasteiger partial charge on any atom is 0.170 e. The molecule has 1 aromatic heterocycles. The first-order chi connectivity index (χ1) is 7.57. The fourth-order valence-corrected chi connectivity index (χ4v) is 2.96. The van der Waals surface area contributed by atoms with Crippen molar-refractivity contribution in [1.29, 1.82) is 0 Å². The second-order valence-corrected chi connectivity index (χ2v) is 6.74. The third-order valence-corrected chi connectivity index (χ3v) is 4.50. The number of nitrogens with zero attached hydrogens (tertiary/aromatic N) is 2. The predicted molar refractivity (Wildman–Crippen MR) is 72.1 cm³/mol. The summed E-state index contributed by atoms with van der Waals surface area (Å²) in [5.41, 5.74) is 5.97. The minimum Gasteiger partial charge on any atom is -0.330 e.